The molecule has 0 fully saturated rings. The molecule has 0 aliphatic rings. The van der Waals surface area contributed by atoms with E-state index in [4.69, 9.17) is 4.74 Å². The first-order valence-corrected chi connectivity index (χ1v) is 6.78. The summed E-state index contributed by atoms with van der Waals surface area (Å²) in [5.41, 5.74) is 1.81. The van der Waals surface area contributed by atoms with E-state index in [0.717, 1.165) is 11.3 Å². The minimum Gasteiger partial charge on any atom is -0.383 e. The van der Waals surface area contributed by atoms with E-state index in [1.807, 2.05) is 42.5 Å². The van der Waals surface area contributed by atoms with Crippen LogP contribution in [0.3, 0.4) is 0 Å². The maximum Gasteiger partial charge on any atom is 0.322 e. The number of aromatic nitrogens is 1. The highest BCUT2D eigenvalue weighted by Gasteiger charge is 2.13. The van der Waals surface area contributed by atoms with Gasteiger partial charge < -0.3 is 15.0 Å². The number of carbonyl (C=O) groups excluding carboxylic acids is 1. The Morgan fingerprint density at radius 3 is 2.57 bits per heavy atom. The first-order valence-electron chi connectivity index (χ1n) is 6.78. The van der Waals surface area contributed by atoms with Crippen LogP contribution in [0.4, 0.5) is 10.5 Å². The lowest BCUT2D eigenvalue weighted by Crippen LogP contribution is -2.36. The zero-order valence-electron chi connectivity index (χ0n) is 12.0. The molecule has 2 amide bonds. The molecule has 21 heavy (non-hydrogen) atoms. The van der Waals surface area contributed by atoms with Crippen LogP contribution in [0.25, 0.3) is 0 Å². The summed E-state index contributed by atoms with van der Waals surface area (Å²) in [6.45, 7) is 1.54. The lowest BCUT2D eigenvalue weighted by atomic mass is 10.2. The average molecular weight is 285 g/mol. The zero-order valence-corrected chi connectivity index (χ0v) is 12.0. The van der Waals surface area contributed by atoms with E-state index in [-0.39, 0.29) is 6.03 Å². The Balaban J connectivity index is 2.02. The van der Waals surface area contributed by atoms with Crippen LogP contribution >= 0.6 is 0 Å². The molecule has 0 saturated carbocycles. The Morgan fingerprint density at radius 1 is 1.19 bits per heavy atom. The van der Waals surface area contributed by atoms with Gasteiger partial charge >= 0.3 is 6.03 Å². The van der Waals surface area contributed by atoms with Crippen LogP contribution in [0.5, 0.6) is 0 Å². The Morgan fingerprint density at radius 2 is 1.90 bits per heavy atom. The number of urea groups is 1. The van der Waals surface area contributed by atoms with Gasteiger partial charge in [-0.2, -0.15) is 0 Å². The van der Waals surface area contributed by atoms with Gasteiger partial charge in [0.15, 0.2) is 0 Å². The summed E-state index contributed by atoms with van der Waals surface area (Å²) in [6.07, 6.45) is 3.44. The Labute approximate surface area is 124 Å². The molecule has 110 valence electrons. The van der Waals surface area contributed by atoms with E-state index in [0.29, 0.717) is 19.7 Å². The van der Waals surface area contributed by atoms with Crippen molar-refractivity contribution in [3.05, 3.63) is 60.4 Å². The fourth-order valence-electron chi connectivity index (χ4n) is 1.89. The largest absolute Gasteiger partial charge is 0.383 e. The van der Waals surface area contributed by atoms with Crippen molar-refractivity contribution in [1.82, 2.24) is 9.88 Å². The molecular weight excluding hydrogens is 266 g/mol. The quantitative estimate of drug-likeness (QED) is 0.888. The highest BCUT2D eigenvalue weighted by Crippen LogP contribution is 2.09. The number of rotatable bonds is 6. The van der Waals surface area contributed by atoms with Crippen molar-refractivity contribution >= 4 is 11.7 Å². The molecule has 1 aromatic carbocycles. The van der Waals surface area contributed by atoms with E-state index < -0.39 is 0 Å². The van der Waals surface area contributed by atoms with Crippen LogP contribution in [0.2, 0.25) is 0 Å². The van der Waals surface area contributed by atoms with Crippen LogP contribution in [0.15, 0.2) is 54.9 Å². The summed E-state index contributed by atoms with van der Waals surface area (Å²) in [4.78, 5) is 18.1. The first-order chi connectivity index (χ1) is 10.3. The molecule has 0 bridgehead atoms. The van der Waals surface area contributed by atoms with Gasteiger partial charge in [-0.05, 0) is 29.8 Å². The van der Waals surface area contributed by atoms with Crippen molar-refractivity contribution in [3.8, 4) is 0 Å². The minimum absolute atomic E-state index is 0.143. The number of pyridine rings is 1. The van der Waals surface area contributed by atoms with Crippen molar-refractivity contribution in [2.75, 3.05) is 25.6 Å². The predicted molar refractivity (Wildman–Crippen MR) is 82.0 cm³/mol. The second-order valence-electron chi connectivity index (χ2n) is 4.57. The Hall–Kier alpha value is -2.40. The topological polar surface area (TPSA) is 54.5 Å². The van der Waals surface area contributed by atoms with Crippen LogP contribution < -0.4 is 5.32 Å². The van der Waals surface area contributed by atoms with Gasteiger partial charge in [-0.1, -0.05) is 18.2 Å². The molecule has 0 aliphatic heterocycles. The molecule has 5 heteroatoms. The summed E-state index contributed by atoms with van der Waals surface area (Å²) in [5, 5.41) is 2.89. The molecule has 0 unspecified atom stereocenters. The summed E-state index contributed by atoms with van der Waals surface area (Å²) in [7, 11) is 1.62. The lowest BCUT2D eigenvalue weighted by molar-refractivity contribution is 0.153. The van der Waals surface area contributed by atoms with Crippen molar-refractivity contribution in [3.63, 3.8) is 0 Å². The number of anilines is 1. The van der Waals surface area contributed by atoms with Crippen molar-refractivity contribution in [2.45, 2.75) is 6.54 Å². The molecule has 0 saturated heterocycles. The molecule has 1 N–H and O–H groups in total. The maximum absolute atomic E-state index is 12.4. The number of methoxy groups -OCH3 is 1. The number of ether oxygens (including phenoxy) is 1. The van der Waals surface area contributed by atoms with Gasteiger partial charge in [0.25, 0.3) is 0 Å². The molecule has 0 atom stereocenters. The second-order valence-corrected chi connectivity index (χ2v) is 4.57. The number of carbonyl (C=O) groups is 1. The molecule has 5 nitrogen and oxygen atoms in total. The molecule has 0 aliphatic carbocycles. The van der Waals surface area contributed by atoms with Gasteiger partial charge in [-0.3, -0.25) is 4.98 Å². The van der Waals surface area contributed by atoms with Gasteiger partial charge in [0, 0.05) is 38.3 Å². The van der Waals surface area contributed by atoms with E-state index in [9.17, 15) is 4.79 Å². The van der Waals surface area contributed by atoms with Crippen LogP contribution in [-0.2, 0) is 11.3 Å². The number of para-hydroxylation sites is 1. The third-order valence-electron chi connectivity index (χ3n) is 3.00. The molecule has 0 radical (unpaired) electrons. The predicted octanol–water partition coefficient (Wildman–Crippen LogP) is 2.76. The highest BCUT2D eigenvalue weighted by molar-refractivity contribution is 5.89. The normalized spacial score (nSPS) is 10.1. The molecule has 1 aromatic heterocycles. The average Bonchev–Trinajstić information content (AvgIpc) is 2.53. The smallest absolute Gasteiger partial charge is 0.322 e. The third kappa shape index (κ3) is 4.89. The standard InChI is InChI=1S/C16H19N3O2/c1-21-12-11-19(13-14-7-9-17-10-8-14)16(20)18-15-5-3-2-4-6-15/h2-10H,11-13H2,1H3,(H,18,20). The van der Waals surface area contributed by atoms with Crippen molar-refractivity contribution < 1.29 is 9.53 Å². The number of nitrogens with zero attached hydrogens (tertiary/aromatic N) is 2. The summed E-state index contributed by atoms with van der Waals surface area (Å²) >= 11 is 0. The van der Waals surface area contributed by atoms with E-state index in [2.05, 4.69) is 10.3 Å². The summed E-state index contributed by atoms with van der Waals surface area (Å²) in [5.74, 6) is 0. The van der Waals surface area contributed by atoms with E-state index >= 15 is 0 Å². The zero-order chi connectivity index (χ0) is 14.9. The number of nitrogens with one attached hydrogen (secondary N) is 1. The minimum atomic E-state index is -0.143. The second kappa shape index (κ2) is 8.01. The van der Waals surface area contributed by atoms with Gasteiger partial charge in [0.05, 0.1) is 6.61 Å². The molecule has 2 rings (SSSR count). The summed E-state index contributed by atoms with van der Waals surface area (Å²) in [6, 6.07) is 13.1. The van der Waals surface area contributed by atoms with Crippen LogP contribution in [0, 0.1) is 0 Å². The highest BCUT2D eigenvalue weighted by atomic mass is 16.5. The monoisotopic (exact) mass is 285 g/mol. The van der Waals surface area contributed by atoms with Gasteiger partial charge in [0.2, 0.25) is 0 Å². The van der Waals surface area contributed by atoms with Gasteiger partial charge in [-0.15, -0.1) is 0 Å². The van der Waals surface area contributed by atoms with Gasteiger partial charge in [0.1, 0.15) is 0 Å². The van der Waals surface area contributed by atoms with Crippen LogP contribution in [0.1, 0.15) is 5.56 Å². The fourth-order valence-corrected chi connectivity index (χ4v) is 1.89. The number of amides is 2. The Bertz CT molecular complexity index is 546. The first kappa shape index (κ1) is 15.0. The van der Waals surface area contributed by atoms with Crippen molar-refractivity contribution in [2.24, 2.45) is 0 Å². The molecule has 2 aromatic rings. The number of hydrogen-bond acceptors (Lipinski definition) is 3. The third-order valence-corrected chi connectivity index (χ3v) is 3.00. The Kier molecular flexibility index (Phi) is 5.72. The lowest BCUT2D eigenvalue weighted by Gasteiger charge is -2.23. The van der Waals surface area contributed by atoms with E-state index in [1.165, 1.54) is 0 Å². The van der Waals surface area contributed by atoms with Crippen LogP contribution in [-0.4, -0.2) is 36.2 Å². The SMILES string of the molecule is COCCN(Cc1ccncc1)C(=O)Nc1ccccc1. The summed E-state index contributed by atoms with van der Waals surface area (Å²) < 4.78 is 5.08. The van der Waals surface area contributed by atoms with Crippen molar-refractivity contribution in [1.29, 1.82) is 0 Å². The number of hydrogen-bond donors (Lipinski definition) is 1. The maximum atomic E-state index is 12.4. The molecule has 0 spiro atoms. The fraction of sp³-hybridized carbons (Fsp3) is 0.250. The van der Waals surface area contributed by atoms with Gasteiger partial charge in [-0.25, -0.2) is 4.79 Å². The number of benzene rings is 1. The molecule has 1 heterocycles. The molecular formula is C16H19N3O2. The van der Waals surface area contributed by atoms with E-state index in [1.54, 1.807) is 24.4 Å².